The fourth-order valence-corrected chi connectivity index (χ4v) is 3.28. The number of pyridine rings is 2. The van der Waals surface area contributed by atoms with Crippen LogP contribution in [0.2, 0.25) is 0 Å². The lowest BCUT2D eigenvalue weighted by atomic mass is 10.1. The lowest BCUT2D eigenvalue weighted by Crippen LogP contribution is -2.01. The summed E-state index contributed by atoms with van der Waals surface area (Å²) in [5.41, 5.74) is 2.69. The number of ether oxygens (including phenoxy) is 1. The first kappa shape index (κ1) is 20.0. The molecule has 6 nitrogen and oxygen atoms in total. The van der Waals surface area contributed by atoms with Crippen molar-refractivity contribution in [3.8, 4) is 11.4 Å². The minimum Gasteiger partial charge on any atom is -0.465 e. The number of carbonyl (C=O) groups excluding carboxylic acids is 1. The summed E-state index contributed by atoms with van der Waals surface area (Å²) in [6, 6.07) is 5.30. The van der Waals surface area contributed by atoms with Gasteiger partial charge in [-0.2, -0.15) is 5.10 Å². The maximum atomic E-state index is 11.7. The molecular formula is C22H28N4O2. The maximum Gasteiger partial charge on any atom is 0.337 e. The van der Waals surface area contributed by atoms with Crippen LogP contribution in [0, 0.1) is 0 Å². The zero-order valence-electron chi connectivity index (χ0n) is 16.7. The Morgan fingerprint density at radius 3 is 2.57 bits per heavy atom. The summed E-state index contributed by atoms with van der Waals surface area (Å²) in [5.74, 6) is -0.382. The van der Waals surface area contributed by atoms with Gasteiger partial charge in [0.1, 0.15) is 5.52 Å². The van der Waals surface area contributed by atoms with Crippen LogP contribution in [0.5, 0.6) is 0 Å². The molecular weight excluding hydrogens is 352 g/mol. The summed E-state index contributed by atoms with van der Waals surface area (Å²) in [6.45, 7) is 3.17. The molecule has 6 heteroatoms. The summed E-state index contributed by atoms with van der Waals surface area (Å²) >= 11 is 0. The highest BCUT2D eigenvalue weighted by Gasteiger charge is 2.10. The van der Waals surface area contributed by atoms with Gasteiger partial charge in [0.2, 0.25) is 0 Å². The molecule has 0 amide bonds. The second-order valence-corrected chi connectivity index (χ2v) is 7.06. The molecule has 28 heavy (non-hydrogen) atoms. The summed E-state index contributed by atoms with van der Waals surface area (Å²) < 4.78 is 6.77. The predicted molar refractivity (Wildman–Crippen MR) is 110 cm³/mol. The molecule has 0 aliphatic heterocycles. The van der Waals surface area contributed by atoms with E-state index in [1.54, 1.807) is 24.5 Å². The van der Waals surface area contributed by atoms with Crippen molar-refractivity contribution < 1.29 is 9.53 Å². The van der Waals surface area contributed by atoms with Gasteiger partial charge in [0, 0.05) is 24.3 Å². The van der Waals surface area contributed by atoms with Gasteiger partial charge in [0.25, 0.3) is 0 Å². The van der Waals surface area contributed by atoms with Gasteiger partial charge in [-0.25, -0.2) is 4.79 Å². The van der Waals surface area contributed by atoms with Crippen LogP contribution in [0.15, 0.2) is 36.8 Å². The van der Waals surface area contributed by atoms with Crippen molar-refractivity contribution in [3.05, 3.63) is 42.4 Å². The van der Waals surface area contributed by atoms with Crippen molar-refractivity contribution in [1.82, 2.24) is 19.7 Å². The molecule has 0 aliphatic carbocycles. The molecule has 3 rings (SSSR count). The second-order valence-electron chi connectivity index (χ2n) is 7.06. The van der Waals surface area contributed by atoms with E-state index < -0.39 is 0 Å². The molecule has 3 aromatic heterocycles. The van der Waals surface area contributed by atoms with E-state index in [-0.39, 0.29) is 5.97 Å². The Bertz CT molecular complexity index is 920. The normalized spacial score (nSPS) is 11.1. The van der Waals surface area contributed by atoms with Crippen molar-refractivity contribution >= 4 is 16.9 Å². The number of unbranched alkanes of at least 4 members (excludes halogenated alkanes) is 6. The van der Waals surface area contributed by atoms with Gasteiger partial charge in [-0.3, -0.25) is 14.6 Å². The third-order valence-corrected chi connectivity index (χ3v) is 4.87. The topological polar surface area (TPSA) is 69.9 Å². The first-order valence-electron chi connectivity index (χ1n) is 10.1. The Morgan fingerprint density at radius 2 is 1.79 bits per heavy atom. The summed E-state index contributed by atoms with van der Waals surface area (Å²) in [5, 5.41) is 5.64. The number of aromatic nitrogens is 4. The zero-order valence-corrected chi connectivity index (χ0v) is 16.7. The average molecular weight is 380 g/mol. The highest BCUT2D eigenvalue weighted by Crippen LogP contribution is 2.21. The minimum atomic E-state index is -0.382. The van der Waals surface area contributed by atoms with Crippen LogP contribution in [-0.2, 0) is 11.3 Å². The van der Waals surface area contributed by atoms with E-state index in [4.69, 9.17) is 4.74 Å². The number of aryl methyl sites for hydroxylation is 1. The summed E-state index contributed by atoms with van der Waals surface area (Å²) in [4.78, 5) is 20.5. The number of carbonyl (C=O) groups is 1. The number of nitrogens with zero attached hydrogens (tertiary/aromatic N) is 4. The maximum absolute atomic E-state index is 11.7. The third kappa shape index (κ3) is 5.15. The van der Waals surface area contributed by atoms with Gasteiger partial charge >= 0.3 is 5.97 Å². The van der Waals surface area contributed by atoms with Crippen molar-refractivity contribution in [2.24, 2.45) is 0 Å². The Kier molecular flexibility index (Phi) is 7.12. The fraction of sp³-hybridized carbons (Fsp3) is 0.455. The van der Waals surface area contributed by atoms with Crippen LogP contribution < -0.4 is 0 Å². The van der Waals surface area contributed by atoms with Crippen LogP contribution in [0.1, 0.15) is 62.2 Å². The van der Waals surface area contributed by atoms with Crippen molar-refractivity contribution in [2.75, 3.05) is 7.11 Å². The van der Waals surface area contributed by atoms with E-state index in [1.807, 2.05) is 10.7 Å². The van der Waals surface area contributed by atoms with Crippen LogP contribution in [0.4, 0.5) is 0 Å². The van der Waals surface area contributed by atoms with Crippen LogP contribution in [0.25, 0.3) is 22.3 Å². The fourth-order valence-electron chi connectivity index (χ4n) is 3.28. The van der Waals surface area contributed by atoms with E-state index in [0.29, 0.717) is 17.0 Å². The quantitative estimate of drug-likeness (QED) is 0.364. The molecule has 0 aromatic carbocycles. The Hall–Kier alpha value is -2.76. The van der Waals surface area contributed by atoms with Crippen molar-refractivity contribution in [1.29, 1.82) is 0 Å². The molecule has 0 N–H and O–H groups in total. The monoisotopic (exact) mass is 380 g/mol. The molecule has 0 saturated heterocycles. The average Bonchev–Trinajstić information content (AvgIpc) is 3.14. The molecule has 0 saturated carbocycles. The molecule has 0 atom stereocenters. The van der Waals surface area contributed by atoms with E-state index in [2.05, 4.69) is 28.2 Å². The molecule has 3 aromatic rings. The largest absolute Gasteiger partial charge is 0.465 e. The zero-order chi connectivity index (χ0) is 19.8. The first-order valence-corrected chi connectivity index (χ1v) is 10.1. The van der Waals surface area contributed by atoms with Crippen molar-refractivity contribution in [2.45, 2.75) is 58.4 Å². The highest BCUT2D eigenvalue weighted by molar-refractivity contribution is 5.90. The number of fused-ring (bicyclic) bond motifs is 1. The molecule has 3 heterocycles. The molecule has 148 valence electrons. The van der Waals surface area contributed by atoms with Gasteiger partial charge in [-0.15, -0.1) is 0 Å². The SMILES string of the molecule is CCCCCCCCCn1cc2cc(-c3cc(C(=O)OC)ccn3)ncc2n1. The predicted octanol–water partition coefficient (Wildman–Crippen LogP) is 5.03. The van der Waals surface area contributed by atoms with Crippen LogP contribution in [-0.4, -0.2) is 32.8 Å². The lowest BCUT2D eigenvalue weighted by molar-refractivity contribution is 0.0600. The smallest absolute Gasteiger partial charge is 0.337 e. The summed E-state index contributed by atoms with van der Waals surface area (Å²) in [7, 11) is 1.37. The highest BCUT2D eigenvalue weighted by atomic mass is 16.5. The van der Waals surface area contributed by atoms with Gasteiger partial charge in [-0.1, -0.05) is 45.4 Å². The van der Waals surface area contributed by atoms with Gasteiger partial charge < -0.3 is 4.74 Å². The van der Waals surface area contributed by atoms with Gasteiger partial charge in [0.15, 0.2) is 0 Å². The molecule has 0 fully saturated rings. The molecule has 0 bridgehead atoms. The minimum absolute atomic E-state index is 0.382. The van der Waals surface area contributed by atoms with Crippen LogP contribution in [0.3, 0.4) is 0 Å². The number of methoxy groups -OCH3 is 1. The van der Waals surface area contributed by atoms with Gasteiger partial charge in [0.05, 0.1) is 30.3 Å². The first-order chi connectivity index (χ1) is 13.7. The molecule has 0 unspecified atom stereocenters. The van der Waals surface area contributed by atoms with Crippen LogP contribution >= 0.6 is 0 Å². The van der Waals surface area contributed by atoms with Gasteiger partial charge in [-0.05, 0) is 24.6 Å². The Labute approximate surface area is 166 Å². The number of esters is 1. The molecule has 0 radical (unpaired) electrons. The van der Waals surface area contributed by atoms with E-state index in [0.717, 1.165) is 23.9 Å². The van der Waals surface area contributed by atoms with Crippen molar-refractivity contribution in [3.63, 3.8) is 0 Å². The number of hydrogen-bond donors (Lipinski definition) is 0. The number of rotatable bonds is 10. The standard InChI is InChI=1S/C22H28N4O2/c1-3-4-5-6-7-8-9-12-26-16-18-14-20(24-15-21(18)25-26)19-13-17(10-11-23-19)22(27)28-2/h10-11,13-16H,3-9,12H2,1-2H3. The van der Waals surface area contributed by atoms with E-state index in [9.17, 15) is 4.79 Å². The van der Waals surface area contributed by atoms with E-state index in [1.165, 1.54) is 45.6 Å². The lowest BCUT2D eigenvalue weighted by Gasteiger charge is -2.02. The Balaban J connectivity index is 1.64. The Morgan fingerprint density at radius 1 is 1.04 bits per heavy atom. The molecule has 0 aliphatic rings. The van der Waals surface area contributed by atoms with E-state index >= 15 is 0 Å². The third-order valence-electron chi connectivity index (χ3n) is 4.87. The molecule has 0 spiro atoms. The second kappa shape index (κ2) is 9.97. The summed E-state index contributed by atoms with van der Waals surface area (Å²) in [6.07, 6.45) is 14.4. The number of hydrogen-bond acceptors (Lipinski definition) is 5.